The molecule has 0 N–H and O–H groups in total. The Morgan fingerprint density at radius 2 is 1.62 bits per heavy atom. The van der Waals surface area contributed by atoms with Crippen LogP contribution in [0, 0.1) is 13.0 Å². The van der Waals surface area contributed by atoms with E-state index in [9.17, 15) is 0 Å². The number of aryl methyl sites for hydroxylation is 1. The highest BCUT2D eigenvalue weighted by atomic mass is 14.3. The molecule has 0 heterocycles. The van der Waals surface area contributed by atoms with E-state index in [0.717, 1.165) is 5.92 Å². The van der Waals surface area contributed by atoms with Gasteiger partial charge in [-0.15, -0.1) is 0 Å². The summed E-state index contributed by atoms with van der Waals surface area (Å²) in [6, 6.07) is 18.6. The maximum absolute atomic E-state index is 3.41. The monoisotopic (exact) mass is 207 g/mol. The summed E-state index contributed by atoms with van der Waals surface area (Å²) in [6.07, 6.45) is 2.70. The van der Waals surface area contributed by atoms with Crippen LogP contribution in [0.25, 0.3) is 11.1 Å². The summed E-state index contributed by atoms with van der Waals surface area (Å²) < 4.78 is 0. The maximum atomic E-state index is 3.41. The van der Waals surface area contributed by atoms with E-state index in [0.29, 0.717) is 0 Å². The molecule has 79 valence electrons. The molecule has 0 spiro atoms. The molecule has 1 fully saturated rings. The minimum absolute atomic E-state index is 0.798. The fraction of sp³-hybridized carbons (Fsp3) is 0.250. The van der Waals surface area contributed by atoms with E-state index in [1.54, 1.807) is 0 Å². The quantitative estimate of drug-likeness (QED) is 0.687. The molecule has 3 rings (SSSR count). The summed E-state index contributed by atoms with van der Waals surface area (Å²) in [7, 11) is 0. The Kier molecular flexibility index (Phi) is 2.28. The molecule has 0 aliphatic heterocycles. The lowest BCUT2D eigenvalue weighted by molar-refractivity contribution is 1.13. The van der Waals surface area contributed by atoms with Gasteiger partial charge >= 0.3 is 0 Å². The van der Waals surface area contributed by atoms with Crippen molar-refractivity contribution in [3.05, 3.63) is 59.7 Å². The molecule has 1 radical (unpaired) electrons. The largest absolute Gasteiger partial charge is 0.0587 e. The highest BCUT2D eigenvalue weighted by Gasteiger charge is 2.23. The molecule has 0 heteroatoms. The van der Waals surface area contributed by atoms with Gasteiger partial charge in [0.25, 0.3) is 0 Å². The molecular weight excluding hydrogens is 192 g/mol. The van der Waals surface area contributed by atoms with Crippen LogP contribution in [0.5, 0.6) is 0 Å². The van der Waals surface area contributed by atoms with Gasteiger partial charge < -0.3 is 0 Å². The average Bonchev–Trinajstić information content (AvgIpc) is 3.14. The van der Waals surface area contributed by atoms with Crippen LogP contribution in [0.2, 0.25) is 0 Å². The molecule has 0 unspecified atom stereocenters. The summed E-state index contributed by atoms with van der Waals surface area (Å²) in [4.78, 5) is 0. The second-order valence-electron chi connectivity index (χ2n) is 4.67. The Hall–Kier alpha value is -1.56. The molecule has 0 saturated heterocycles. The molecule has 1 aliphatic rings. The first kappa shape index (κ1) is 9.65. The molecule has 16 heavy (non-hydrogen) atoms. The van der Waals surface area contributed by atoms with E-state index in [2.05, 4.69) is 55.5 Å². The standard InChI is InChI=1S/C16H15/c1-12-2-4-13(5-3-12)14-6-8-15(9-7-14)16-10-11-16/h2-8,16H,10-11H2,1H3. The Bertz CT molecular complexity index is 472. The smallest absolute Gasteiger partial charge is 0.0140 e. The predicted molar refractivity (Wildman–Crippen MR) is 67.4 cm³/mol. The molecule has 0 nitrogen and oxygen atoms in total. The van der Waals surface area contributed by atoms with Crippen molar-refractivity contribution >= 4 is 0 Å². The van der Waals surface area contributed by atoms with E-state index >= 15 is 0 Å². The van der Waals surface area contributed by atoms with Crippen LogP contribution in [0.1, 0.15) is 29.9 Å². The summed E-state index contributed by atoms with van der Waals surface area (Å²) in [5.74, 6) is 0.798. The van der Waals surface area contributed by atoms with Crippen LogP contribution in [0.3, 0.4) is 0 Å². The van der Waals surface area contributed by atoms with Gasteiger partial charge in [-0.25, -0.2) is 0 Å². The lowest BCUT2D eigenvalue weighted by Crippen LogP contribution is -1.82. The second kappa shape index (κ2) is 3.79. The van der Waals surface area contributed by atoms with E-state index in [4.69, 9.17) is 0 Å². The summed E-state index contributed by atoms with van der Waals surface area (Å²) in [5, 5.41) is 0. The minimum Gasteiger partial charge on any atom is -0.0587 e. The number of hydrogen-bond donors (Lipinski definition) is 0. The van der Waals surface area contributed by atoms with Crippen molar-refractivity contribution in [1.29, 1.82) is 0 Å². The van der Waals surface area contributed by atoms with Crippen LogP contribution in [0.4, 0.5) is 0 Å². The molecular formula is C16H15. The van der Waals surface area contributed by atoms with Crippen LogP contribution in [0.15, 0.2) is 42.5 Å². The third-order valence-electron chi connectivity index (χ3n) is 3.24. The first-order valence-corrected chi connectivity index (χ1v) is 5.91. The van der Waals surface area contributed by atoms with Crippen LogP contribution >= 0.6 is 0 Å². The van der Waals surface area contributed by atoms with Crippen molar-refractivity contribution in [2.45, 2.75) is 25.7 Å². The van der Waals surface area contributed by atoms with Gasteiger partial charge in [-0.3, -0.25) is 0 Å². The van der Waals surface area contributed by atoms with Crippen molar-refractivity contribution < 1.29 is 0 Å². The van der Waals surface area contributed by atoms with Gasteiger partial charge in [0.1, 0.15) is 0 Å². The average molecular weight is 207 g/mol. The van der Waals surface area contributed by atoms with Crippen LogP contribution < -0.4 is 0 Å². The molecule has 0 atom stereocenters. The lowest BCUT2D eigenvalue weighted by Gasteiger charge is -2.03. The van der Waals surface area contributed by atoms with Gasteiger partial charge in [0, 0.05) is 0 Å². The Morgan fingerprint density at radius 3 is 2.19 bits per heavy atom. The first-order chi connectivity index (χ1) is 7.83. The maximum Gasteiger partial charge on any atom is -0.0140 e. The SMILES string of the molecule is Cc1ccc(-c2c[c]c(C3CC3)cc2)cc1. The summed E-state index contributed by atoms with van der Waals surface area (Å²) in [5.41, 5.74) is 5.24. The fourth-order valence-corrected chi connectivity index (χ4v) is 2.01. The minimum atomic E-state index is 0.798. The van der Waals surface area contributed by atoms with E-state index in [-0.39, 0.29) is 0 Å². The fourth-order valence-electron chi connectivity index (χ4n) is 2.01. The van der Waals surface area contributed by atoms with Crippen molar-refractivity contribution in [1.82, 2.24) is 0 Å². The Balaban J connectivity index is 1.91. The van der Waals surface area contributed by atoms with Gasteiger partial charge in [0.15, 0.2) is 0 Å². The van der Waals surface area contributed by atoms with Gasteiger partial charge in [-0.1, -0.05) is 42.0 Å². The molecule has 0 bridgehead atoms. The van der Waals surface area contributed by atoms with Crippen molar-refractivity contribution in [2.24, 2.45) is 0 Å². The first-order valence-electron chi connectivity index (χ1n) is 5.91. The zero-order valence-corrected chi connectivity index (χ0v) is 9.53. The van der Waals surface area contributed by atoms with Crippen molar-refractivity contribution in [3.63, 3.8) is 0 Å². The molecule has 2 aromatic rings. The van der Waals surface area contributed by atoms with E-state index in [1.165, 1.54) is 35.1 Å². The molecule has 0 aromatic heterocycles. The predicted octanol–water partition coefficient (Wildman–Crippen LogP) is 4.34. The highest BCUT2D eigenvalue weighted by Crippen LogP contribution is 2.40. The van der Waals surface area contributed by atoms with Crippen molar-refractivity contribution in [3.8, 4) is 11.1 Å². The Labute approximate surface area is 96.9 Å². The molecule has 2 aromatic carbocycles. The number of rotatable bonds is 2. The Morgan fingerprint density at radius 1 is 0.938 bits per heavy atom. The summed E-state index contributed by atoms with van der Waals surface area (Å²) in [6.45, 7) is 2.12. The van der Waals surface area contributed by atoms with Gasteiger partial charge in [0.05, 0.1) is 0 Å². The summed E-state index contributed by atoms with van der Waals surface area (Å²) >= 11 is 0. The van der Waals surface area contributed by atoms with Crippen molar-refractivity contribution in [2.75, 3.05) is 0 Å². The molecule has 1 saturated carbocycles. The van der Waals surface area contributed by atoms with Crippen LogP contribution in [-0.2, 0) is 0 Å². The molecule has 1 aliphatic carbocycles. The second-order valence-corrected chi connectivity index (χ2v) is 4.67. The highest BCUT2D eigenvalue weighted by molar-refractivity contribution is 5.63. The number of hydrogen-bond acceptors (Lipinski definition) is 0. The van der Waals surface area contributed by atoms with Crippen LogP contribution in [-0.4, -0.2) is 0 Å². The molecule has 0 amide bonds. The number of benzene rings is 2. The zero-order chi connectivity index (χ0) is 11.0. The van der Waals surface area contributed by atoms with Gasteiger partial charge in [0.2, 0.25) is 0 Å². The third kappa shape index (κ3) is 1.88. The third-order valence-corrected chi connectivity index (χ3v) is 3.24. The van der Waals surface area contributed by atoms with Gasteiger partial charge in [-0.05, 0) is 54.5 Å². The lowest BCUT2D eigenvalue weighted by atomic mass is 10.0. The van der Waals surface area contributed by atoms with E-state index in [1.807, 2.05) is 0 Å². The topological polar surface area (TPSA) is 0 Å². The normalized spacial score (nSPS) is 15.1. The van der Waals surface area contributed by atoms with Gasteiger partial charge in [-0.2, -0.15) is 0 Å². The zero-order valence-electron chi connectivity index (χ0n) is 9.53. The van der Waals surface area contributed by atoms with E-state index < -0.39 is 0 Å².